The Kier molecular flexibility index (Phi) is 4.47. The second-order valence-electron chi connectivity index (χ2n) is 8.66. The molecule has 5 heteroatoms. The van der Waals surface area contributed by atoms with Crippen LogP contribution in [0.1, 0.15) is 26.3 Å². The van der Waals surface area contributed by atoms with Crippen LogP contribution in [0.5, 0.6) is 5.75 Å². The second kappa shape index (κ2) is 7.20. The summed E-state index contributed by atoms with van der Waals surface area (Å²) in [6, 6.07) is 24.4. The minimum Gasteiger partial charge on any atom is -0.497 e. The van der Waals surface area contributed by atoms with E-state index in [9.17, 15) is 0 Å². The molecule has 0 unspecified atom stereocenters. The van der Waals surface area contributed by atoms with E-state index in [-0.39, 0.29) is 5.41 Å². The van der Waals surface area contributed by atoms with E-state index in [0.717, 1.165) is 39.5 Å². The highest BCUT2D eigenvalue weighted by atomic mass is 16.5. The van der Waals surface area contributed by atoms with Gasteiger partial charge in [0.05, 0.1) is 23.8 Å². The molecule has 0 aliphatic heterocycles. The Labute approximate surface area is 181 Å². The van der Waals surface area contributed by atoms with Gasteiger partial charge < -0.3 is 4.74 Å². The topological polar surface area (TPSA) is 52.8 Å². The molecular weight excluding hydrogens is 384 g/mol. The van der Waals surface area contributed by atoms with E-state index in [0.29, 0.717) is 5.65 Å². The van der Waals surface area contributed by atoms with Crippen molar-refractivity contribution in [1.82, 2.24) is 19.5 Å². The molecule has 0 amide bonds. The van der Waals surface area contributed by atoms with E-state index in [2.05, 4.69) is 49.6 Å². The van der Waals surface area contributed by atoms with Gasteiger partial charge in [0.15, 0.2) is 11.3 Å². The van der Waals surface area contributed by atoms with Crippen molar-refractivity contribution in [3.8, 4) is 22.8 Å². The first-order valence-electron chi connectivity index (χ1n) is 10.3. The minimum absolute atomic E-state index is 0.0896. The van der Waals surface area contributed by atoms with Gasteiger partial charge in [-0.1, -0.05) is 63.2 Å². The van der Waals surface area contributed by atoms with Crippen LogP contribution in [0.4, 0.5) is 0 Å². The molecule has 0 atom stereocenters. The SMILES string of the molecule is COc1cccc(-n2c(-c3ccc(C(C)(C)C)cc3)nc3nc4ccccc4nc32)c1. The molecule has 0 fully saturated rings. The zero-order chi connectivity index (χ0) is 21.6. The van der Waals surface area contributed by atoms with Gasteiger partial charge in [0, 0.05) is 11.6 Å². The number of aromatic nitrogens is 4. The quantitative estimate of drug-likeness (QED) is 0.371. The summed E-state index contributed by atoms with van der Waals surface area (Å²) in [6.45, 7) is 6.65. The monoisotopic (exact) mass is 408 g/mol. The average Bonchev–Trinajstić information content (AvgIpc) is 3.15. The highest BCUT2D eigenvalue weighted by molar-refractivity contribution is 5.86. The van der Waals surface area contributed by atoms with Gasteiger partial charge in [0.1, 0.15) is 11.6 Å². The standard InChI is InChI=1S/C26H24N4O/c1-26(2,3)18-14-12-17(13-15-18)24-29-23-25(28-22-11-6-5-10-21(22)27-23)30(24)19-8-7-9-20(16-19)31-4/h5-16H,1-4H3. The molecule has 5 nitrogen and oxygen atoms in total. The van der Waals surface area contributed by atoms with Crippen molar-refractivity contribution in [3.63, 3.8) is 0 Å². The van der Waals surface area contributed by atoms with Gasteiger partial charge in [-0.15, -0.1) is 0 Å². The third-order valence-corrected chi connectivity index (χ3v) is 5.49. The number of imidazole rings is 1. The molecular formula is C26H24N4O. The Morgan fingerprint density at radius 3 is 2.16 bits per heavy atom. The van der Waals surface area contributed by atoms with Crippen LogP contribution in [0.15, 0.2) is 72.8 Å². The van der Waals surface area contributed by atoms with Crippen LogP contribution in [0, 0.1) is 0 Å². The number of ether oxygens (including phenoxy) is 1. The lowest BCUT2D eigenvalue weighted by Crippen LogP contribution is -2.10. The molecule has 0 bridgehead atoms. The maximum absolute atomic E-state index is 5.46. The van der Waals surface area contributed by atoms with Crippen LogP contribution in [0.3, 0.4) is 0 Å². The molecule has 2 aromatic heterocycles. The lowest BCUT2D eigenvalue weighted by atomic mass is 9.87. The predicted molar refractivity (Wildman–Crippen MR) is 125 cm³/mol. The number of hydrogen-bond acceptors (Lipinski definition) is 4. The van der Waals surface area contributed by atoms with Crippen molar-refractivity contribution >= 4 is 22.3 Å². The molecule has 5 aromatic rings. The number of para-hydroxylation sites is 2. The zero-order valence-electron chi connectivity index (χ0n) is 18.1. The largest absolute Gasteiger partial charge is 0.497 e. The van der Waals surface area contributed by atoms with Crippen molar-refractivity contribution in [2.45, 2.75) is 26.2 Å². The third-order valence-electron chi connectivity index (χ3n) is 5.49. The van der Waals surface area contributed by atoms with Gasteiger partial charge in [-0.3, -0.25) is 4.57 Å². The van der Waals surface area contributed by atoms with E-state index in [1.54, 1.807) is 7.11 Å². The lowest BCUT2D eigenvalue weighted by molar-refractivity contribution is 0.414. The van der Waals surface area contributed by atoms with Crippen LogP contribution < -0.4 is 4.74 Å². The summed E-state index contributed by atoms with van der Waals surface area (Å²) in [4.78, 5) is 14.6. The number of methoxy groups -OCH3 is 1. The van der Waals surface area contributed by atoms with Gasteiger partial charge in [0.2, 0.25) is 0 Å². The van der Waals surface area contributed by atoms with Crippen LogP contribution in [-0.4, -0.2) is 26.6 Å². The Bertz CT molecular complexity index is 1400. The fourth-order valence-corrected chi connectivity index (χ4v) is 3.76. The highest BCUT2D eigenvalue weighted by Crippen LogP contribution is 2.31. The van der Waals surface area contributed by atoms with Gasteiger partial charge in [-0.2, -0.15) is 0 Å². The van der Waals surface area contributed by atoms with Crippen molar-refractivity contribution in [2.24, 2.45) is 0 Å². The van der Waals surface area contributed by atoms with E-state index in [4.69, 9.17) is 19.7 Å². The Balaban J connectivity index is 1.79. The van der Waals surface area contributed by atoms with Crippen molar-refractivity contribution in [3.05, 3.63) is 78.4 Å². The van der Waals surface area contributed by atoms with E-state index in [1.165, 1.54) is 5.56 Å². The Morgan fingerprint density at radius 2 is 1.48 bits per heavy atom. The molecule has 0 aliphatic rings. The third kappa shape index (κ3) is 3.42. The summed E-state index contributed by atoms with van der Waals surface area (Å²) in [5.41, 5.74) is 6.34. The first-order valence-corrected chi connectivity index (χ1v) is 10.3. The van der Waals surface area contributed by atoms with Crippen LogP contribution in [0.25, 0.3) is 39.4 Å². The number of nitrogens with zero attached hydrogens (tertiary/aromatic N) is 4. The molecule has 0 radical (unpaired) electrons. The molecule has 0 spiro atoms. The first-order chi connectivity index (χ1) is 14.9. The van der Waals surface area contributed by atoms with E-state index < -0.39 is 0 Å². The Hall–Kier alpha value is -3.73. The summed E-state index contributed by atoms with van der Waals surface area (Å²) in [5, 5.41) is 0. The first kappa shape index (κ1) is 19.2. The van der Waals surface area contributed by atoms with Crippen LogP contribution in [0.2, 0.25) is 0 Å². The maximum atomic E-state index is 5.46. The molecule has 0 saturated carbocycles. The van der Waals surface area contributed by atoms with E-state index in [1.807, 2.05) is 48.5 Å². The average molecular weight is 409 g/mol. The normalized spacial score (nSPS) is 11.9. The molecule has 0 N–H and O–H groups in total. The molecule has 0 saturated heterocycles. The van der Waals surface area contributed by atoms with Gasteiger partial charge in [-0.05, 0) is 35.2 Å². The number of hydrogen-bond donors (Lipinski definition) is 0. The lowest BCUT2D eigenvalue weighted by Gasteiger charge is -2.19. The summed E-state index contributed by atoms with van der Waals surface area (Å²) < 4.78 is 7.52. The molecule has 31 heavy (non-hydrogen) atoms. The van der Waals surface area contributed by atoms with Crippen molar-refractivity contribution < 1.29 is 4.74 Å². The van der Waals surface area contributed by atoms with E-state index >= 15 is 0 Å². The Morgan fingerprint density at radius 1 is 0.774 bits per heavy atom. The molecule has 154 valence electrons. The molecule has 5 rings (SSSR count). The maximum Gasteiger partial charge on any atom is 0.199 e. The fourth-order valence-electron chi connectivity index (χ4n) is 3.76. The van der Waals surface area contributed by atoms with Crippen molar-refractivity contribution in [1.29, 1.82) is 0 Å². The minimum atomic E-state index is 0.0896. The van der Waals surface area contributed by atoms with Crippen LogP contribution >= 0.6 is 0 Å². The summed E-state index contributed by atoms with van der Waals surface area (Å²) >= 11 is 0. The molecule has 0 aliphatic carbocycles. The van der Waals surface area contributed by atoms with Gasteiger partial charge in [-0.25, -0.2) is 15.0 Å². The molecule has 3 aromatic carbocycles. The number of benzene rings is 3. The van der Waals surface area contributed by atoms with Crippen LogP contribution in [-0.2, 0) is 5.41 Å². The molecule has 2 heterocycles. The summed E-state index contributed by atoms with van der Waals surface area (Å²) in [5.74, 6) is 1.58. The van der Waals surface area contributed by atoms with Gasteiger partial charge in [0.25, 0.3) is 0 Å². The highest BCUT2D eigenvalue weighted by Gasteiger charge is 2.19. The summed E-state index contributed by atoms with van der Waals surface area (Å²) in [7, 11) is 1.67. The van der Waals surface area contributed by atoms with Crippen molar-refractivity contribution in [2.75, 3.05) is 7.11 Å². The fraction of sp³-hybridized carbons (Fsp3) is 0.192. The second-order valence-corrected chi connectivity index (χ2v) is 8.66. The number of rotatable bonds is 3. The smallest absolute Gasteiger partial charge is 0.199 e. The van der Waals surface area contributed by atoms with Gasteiger partial charge >= 0.3 is 0 Å². The summed E-state index contributed by atoms with van der Waals surface area (Å²) in [6.07, 6.45) is 0. The number of fused-ring (bicyclic) bond motifs is 2. The zero-order valence-corrected chi connectivity index (χ0v) is 18.1. The predicted octanol–water partition coefficient (Wildman–Crippen LogP) is 5.94.